The summed E-state index contributed by atoms with van der Waals surface area (Å²) in [4.78, 5) is 30.9. The lowest BCUT2D eigenvalue weighted by atomic mass is 10.2. The number of nitrogens with one attached hydrogen (secondary N) is 1. The summed E-state index contributed by atoms with van der Waals surface area (Å²) in [6.07, 6.45) is 1.26. The van der Waals surface area contributed by atoms with E-state index in [2.05, 4.69) is 10.3 Å². The fraction of sp³-hybridized carbons (Fsp3) is 0.421. The Labute approximate surface area is 162 Å². The van der Waals surface area contributed by atoms with Crippen molar-refractivity contribution in [2.75, 3.05) is 12.3 Å². The van der Waals surface area contributed by atoms with Crippen LogP contribution in [0.1, 0.15) is 53.8 Å². The molecule has 1 aromatic carbocycles. The summed E-state index contributed by atoms with van der Waals surface area (Å²) in [6.45, 7) is 4.59. The molecule has 8 heteroatoms. The lowest BCUT2D eigenvalue weighted by Gasteiger charge is -2.22. The second kappa shape index (κ2) is 8.39. The van der Waals surface area contributed by atoms with Crippen molar-refractivity contribution >= 4 is 28.3 Å². The van der Waals surface area contributed by atoms with Gasteiger partial charge in [0, 0.05) is 12.6 Å². The summed E-state index contributed by atoms with van der Waals surface area (Å²) < 4.78 is 5.45. The molecule has 0 bridgehead atoms. The van der Waals surface area contributed by atoms with E-state index in [1.54, 1.807) is 4.90 Å². The molecule has 0 radical (unpaired) electrons. The van der Waals surface area contributed by atoms with Crippen molar-refractivity contribution in [3.63, 3.8) is 0 Å². The van der Waals surface area contributed by atoms with Crippen molar-refractivity contribution in [3.05, 3.63) is 46.6 Å². The maximum Gasteiger partial charge on any atom is 0.410 e. The van der Waals surface area contributed by atoms with Crippen molar-refractivity contribution in [1.82, 2.24) is 15.2 Å². The van der Waals surface area contributed by atoms with Gasteiger partial charge in [0.1, 0.15) is 16.6 Å². The molecule has 27 heavy (non-hydrogen) atoms. The third kappa shape index (κ3) is 4.57. The number of rotatable bonds is 5. The number of nitrogen functional groups attached to an aromatic ring is 1. The molecule has 2 amide bonds. The van der Waals surface area contributed by atoms with Crippen LogP contribution >= 0.6 is 11.3 Å². The van der Waals surface area contributed by atoms with Gasteiger partial charge in [-0.05, 0) is 32.3 Å². The highest BCUT2D eigenvalue weighted by atomic mass is 32.1. The van der Waals surface area contributed by atoms with Gasteiger partial charge in [0.05, 0.1) is 6.04 Å². The number of anilines is 1. The van der Waals surface area contributed by atoms with E-state index in [1.807, 2.05) is 44.2 Å². The van der Waals surface area contributed by atoms with Gasteiger partial charge in [0.15, 0.2) is 5.69 Å². The average Bonchev–Trinajstić information content (AvgIpc) is 3.26. The molecule has 1 fully saturated rings. The Hall–Kier alpha value is -2.61. The third-order valence-electron chi connectivity index (χ3n) is 4.28. The van der Waals surface area contributed by atoms with Gasteiger partial charge in [0.2, 0.25) is 0 Å². The van der Waals surface area contributed by atoms with E-state index >= 15 is 0 Å². The number of hydrogen-bond donors (Lipinski definition) is 2. The van der Waals surface area contributed by atoms with Crippen LogP contribution in [0, 0.1) is 0 Å². The number of aromatic nitrogens is 1. The van der Waals surface area contributed by atoms with Crippen LogP contribution in [0.4, 0.5) is 9.80 Å². The lowest BCUT2D eigenvalue weighted by Crippen LogP contribution is -2.32. The molecule has 2 aromatic rings. The largest absolute Gasteiger partial charge is 0.445 e. The van der Waals surface area contributed by atoms with Gasteiger partial charge in [-0.1, -0.05) is 41.7 Å². The molecule has 144 valence electrons. The SMILES string of the molecule is CC(C)NC(=O)c1nc([C@H]2CCCN2C(=O)OCc2ccccc2)sc1N. The molecule has 1 aromatic heterocycles. The standard InChI is InChI=1S/C19H24N4O3S/c1-12(2)21-17(24)15-16(20)27-18(22-15)14-9-6-10-23(14)19(25)26-11-13-7-4-3-5-8-13/h3-5,7-8,12,14H,6,9-11,20H2,1-2H3,(H,21,24)/t14-/m1/s1. The van der Waals surface area contributed by atoms with E-state index in [0.717, 1.165) is 18.4 Å². The smallest absolute Gasteiger partial charge is 0.410 e. The maximum atomic E-state index is 12.5. The molecule has 2 heterocycles. The molecule has 1 aliphatic heterocycles. The first kappa shape index (κ1) is 19.2. The van der Waals surface area contributed by atoms with Crippen molar-refractivity contribution in [1.29, 1.82) is 0 Å². The normalized spacial score (nSPS) is 16.6. The van der Waals surface area contributed by atoms with Gasteiger partial charge >= 0.3 is 6.09 Å². The van der Waals surface area contributed by atoms with Gasteiger partial charge in [-0.15, -0.1) is 0 Å². The molecule has 0 saturated carbocycles. The van der Waals surface area contributed by atoms with Crippen LogP contribution in [0.25, 0.3) is 0 Å². The summed E-state index contributed by atoms with van der Waals surface area (Å²) in [5.41, 5.74) is 7.17. The first-order chi connectivity index (χ1) is 13.0. The predicted molar refractivity (Wildman–Crippen MR) is 104 cm³/mol. The van der Waals surface area contributed by atoms with Crippen LogP contribution < -0.4 is 11.1 Å². The van der Waals surface area contributed by atoms with Gasteiger partial charge < -0.3 is 15.8 Å². The quantitative estimate of drug-likeness (QED) is 0.819. The summed E-state index contributed by atoms with van der Waals surface area (Å²) in [6, 6.07) is 9.35. The topological polar surface area (TPSA) is 97.5 Å². The zero-order chi connectivity index (χ0) is 19.4. The van der Waals surface area contributed by atoms with Gasteiger partial charge in [0.25, 0.3) is 5.91 Å². The van der Waals surface area contributed by atoms with E-state index in [0.29, 0.717) is 16.6 Å². The number of carbonyl (C=O) groups excluding carboxylic acids is 2. The molecule has 0 unspecified atom stereocenters. The first-order valence-corrected chi connectivity index (χ1v) is 9.81. The lowest BCUT2D eigenvalue weighted by molar-refractivity contribution is 0.0919. The molecular formula is C19H24N4O3S. The van der Waals surface area contributed by atoms with Gasteiger partial charge in [-0.25, -0.2) is 9.78 Å². The molecule has 1 saturated heterocycles. The number of nitrogens with zero attached hydrogens (tertiary/aromatic N) is 2. The number of ether oxygens (including phenoxy) is 1. The molecule has 7 nitrogen and oxygen atoms in total. The number of nitrogens with two attached hydrogens (primary N) is 1. The third-order valence-corrected chi connectivity index (χ3v) is 5.27. The molecule has 3 rings (SSSR count). The Bertz CT molecular complexity index is 807. The summed E-state index contributed by atoms with van der Waals surface area (Å²) in [7, 11) is 0. The fourth-order valence-corrected chi connectivity index (χ4v) is 4.01. The minimum Gasteiger partial charge on any atom is -0.445 e. The second-order valence-corrected chi connectivity index (χ2v) is 7.85. The van der Waals surface area contributed by atoms with Crippen LogP contribution in [0.15, 0.2) is 30.3 Å². The number of benzene rings is 1. The van der Waals surface area contributed by atoms with Crippen LogP contribution in [-0.4, -0.2) is 34.5 Å². The monoisotopic (exact) mass is 388 g/mol. The predicted octanol–water partition coefficient (Wildman–Crippen LogP) is 3.34. The Balaban J connectivity index is 1.69. The Kier molecular flexibility index (Phi) is 5.95. The number of carbonyl (C=O) groups is 2. The molecule has 0 aliphatic carbocycles. The summed E-state index contributed by atoms with van der Waals surface area (Å²) >= 11 is 1.26. The first-order valence-electron chi connectivity index (χ1n) is 9.00. The number of hydrogen-bond acceptors (Lipinski definition) is 6. The number of thiazole rings is 1. The Morgan fingerprint density at radius 2 is 2.11 bits per heavy atom. The molecule has 0 spiro atoms. The Morgan fingerprint density at radius 3 is 2.81 bits per heavy atom. The van der Waals surface area contributed by atoms with Crippen molar-refractivity contribution in [2.45, 2.75) is 45.4 Å². The van der Waals surface area contributed by atoms with E-state index in [4.69, 9.17) is 10.5 Å². The highest BCUT2D eigenvalue weighted by Crippen LogP contribution is 2.37. The summed E-state index contributed by atoms with van der Waals surface area (Å²) in [5.74, 6) is -0.291. The van der Waals surface area contributed by atoms with Gasteiger partial charge in [-0.3, -0.25) is 9.69 Å². The maximum absolute atomic E-state index is 12.5. The molecule has 1 aliphatic rings. The van der Waals surface area contributed by atoms with Gasteiger partial charge in [-0.2, -0.15) is 0 Å². The minimum atomic E-state index is -0.372. The van der Waals surface area contributed by atoms with Crippen LogP contribution in [0.3, 0.4) is 0 Å². The number of amides is 2. The number of likely N-dealkylation sites (tertiary alicyclic amines) is 1. The molecule has 1 atom stereocenters. The van der Waals surface area contributed by atoms with E-state index < -0.39 is 0 Å². The summed E-state index contributed by atoms with van der Waals surface area (Å²) in [5, 5.41) is 3.84. The fourth-order valence-electron chi connectivity index (χ4n) is 3.03. The second-order valence-electron chi connectivity index (χ2n) is 6.78. The zero-order valence-corrected chi connectivity index (χ0v) is 16.3. The zero-order valence-electron chi connectivity index (χ0n) is 15.5. The molecular weight excluding hydrogens is 364 g/mol. The average molecular weight is 388 g/mol. The van der Waals surface area contributed by atoms with Crippen molar-refractivity contribution in [2.24, 2.45) is 0 Å². The van der Waals surface area contributed by atoms with Crippen LogP contribution in [-0.2, 0) is 11.3 Å². The van der Waals surface area contributed by atoms with E-state index in [9.17, 15) is 9.59 Å². The van der Waals surface area contributed by atoms with Crippen LogP contribution in [0.5, 0.6) is 0 Å². The Morgan fingerprint density at radius 1 is 1.37 bits per heavy atom. The highest BCUT2D eigenvalue weighted by Gasteiger charge is 2.34. The van der Waals surface area contributed by atoms with E-state index in [1.165, 1.54) is 11.3 Å². The highest BCUT2D eigenvalue weighted by molar-refractivity contribution is 7.16. The van der Waals surface area contributed by atoms with Crippen molar-refractivity contribution in [3.8, 4) is 0 Å². The minimum absolute atomic E-state index is 0.00186. The van der Waals surface area contributed by atoms with Crippen molar-refractivity contribution < 1.29 is 14.3 Å². The molecule has 3 N–H and O–H groups in total. The van der Waals surface area contributed by atoms with E-state index in [-0.39, 0.29) is 36.4 Å². The van der Waals surface area contributed by atoms with Crippen LogP contribution in [0.2, 0.25) is 0 Å².